The van der Waals surface area contributed by atoms with Gasteiger partial charge in [0.05, 0.1) is 5.92 Å². The molecule has 1 aliphatic carbocycles. The van der Waals surface area contributed by atoms with Gasteiger partial charge in [-0.15, -0.1) is 0 Å². The van der Waals surface area contributed by atoms with Crippen LogP contribution in [0.15, 0.2) is 0 Å². The van der Waals surface area contributed by atoms with Crippen LogP contribution in [0, 0.1) is 11.3 Å². The standard InChI is InChI=1S/C9H14O2S/c1-9(5-6(9)8(10)11)7-3-2-4-12-7/h6-7H,2-5H2,1H3,(H,10,11). The summed E-state index contributed by atoms with van der Waals surface area (Å²) in [6, 6.07) is 0. The van der Waals surface area contributed by atoms with Crippen molar-refractivity contribution in [1.82, 2.24) is 0 Å². The summed E-state index contributed by atoms with van der Waals surface area (Å²) in [5.41, 5.74) is 0.132. The maximum atomic E-state index is 10.7. The molecule has 3 unspecified atom stereocenters. The van der Waals surface area contributed by atoms with Crippen molar-refractivity contribution in [3.8, 4) is 0 Å². The molecule has 0 aromatic carbocycles. The van der Waals surface area contributed by atoms with Gasteiger partial charge in [-0.2, -0.15) is 11.8 Å². The summed E-state index contributed by atoms with van der Waals surface area (Å²) in [6.45, 7) is 2.13. The van der Waals surface area contributed by atoms with Crippen LogP contribution >= 0.6 is 11.8 Å². The number of aliphatic carboxylic acids is 1. The summed E-state index contributed by atoms with van der Waals surface area (Å²) in [5.74, 6) is 0.588. The zero-order valence-corrected chi connectivity index (χ0v) is 8.06. The van der Waals surface area contributed by atoms with Crippen molar-refractivity contribution in [2.45, 2.75) is 31.4 Å². The Hall–Kier alpha value is -0.180. The van der Waals surface area contributed by atoms with Crippen molar-refractivity contribution in [3.05, 3.63) is 0 Å². The lowest BCUT2D eigenvalue weighted by molar-refractivity contribution is -0.139. The minimum Gasteiger partial charge on any atom is -0.481 e. The topological polar surface area (TPSA) is 37.3 Å². The fourth-order valence-corrected chi connectivity index (χ4v) is 3.80. The van der Waals surface area contributed by atoms with Gasteiger partial charge in [0, 0.05) is 5.25 Å². The Morgan fingerprint density at radius 1 is 1.67 bits per heavy atom. The summed E-state index contributed by atoms with van der Waals surface area (Å²) in [5, 5.41) is 9.46. The normalized spacial score (nSPS) is 46.1. The van der Waals surface area contributed by atoms with Crippen LogP contribution in [0.1, 0.15) is 26.2 Å². The Morgan fingerprint density at radius 2 is 2.42 bits per heavy atom. The molecule has 3 heteroatoms. The molecular formula is C9H14O2S. The van der Waals surface area contributed by atoms with Crippen molar-refractivity contribution in [2.75, 3.05) is 5.75 Å². The molecule has 1 aliphatic heterocycles. The van der Waals surface area contributed by atoms with Crippen LogP contribution in [0.2, 0.25) is 0 Å². The lowest BCUT2D eigenvalue weighted by Gasteiger charge is -2.16. The molecule has 0 amide bonds. The van der Waals surface area contributed by atoms with Gasteiger partial charge < -0.3 is 5.11 Å². The van der Waals surface area contributed by atoms with E-state index in [9.17, 15) is 4.79 Å². The Bertz CT molecular complexity index is 211. The van der Waals surface area contributed by atoms with E-state index in [0.717, 1.165) is 6.42 Å². The van der Waals surface area contributed by atoms with Gasteiger partial charge in [0.15, 0.2) is 0 Å². The predicted octanol–water partition coefficient (Wildman–Crippen LogP) is 1.99. The fraction of sp³-hybridized carbons (Fsp3) is 0.889. The molecule has 3 atom stereocenters. The first-order valence-electron chi connectivity index (χ1n) is 4.49. The highest BCUT2D eigenvalue weighted by Gasteiger charge is 2.59. The molecule has 0 spiro atoms. The molecule has 12 heavy (non-hydrogen) atoms. The molecule has 2 rings (SSSR count). The van der Waals surface area contributed by atoms with Crippen molar-refractivity contribution in [3.63, 3.8) is 0 Å². The van der Waals surface area contributed by atoms with E-state index >= 15 is 0 Å². The van der Waals surface area contributed by atoms with E-state index in [2.05, 4.69) is 6.92 Å². The molecule has 1 saturated carbocycles. The quantitative estimate of drug-likeness (QED) is 0.716. The van der Waals surface area contributed by atoms with E-state index in [4.69, 9.17) is 5.11 Å². The fourth-order valence-electron chi connectivity index (χ4n) is 2.20. The lowest BCUT2D eigenvalue weighted by Crippen LogP contribution is -2.17. The van der Waals surface area contributed by atoms with Crippen LogP contribution in [-0.2, 0) is 4.79 Å². The predicted molar refractivity (Wildman–Crippen MR) is 49.3 cm³/mol. The van der Waals surface area contributed by atoms with Crippen LogP contribution in [0.25, 0.3) is 0 Å². The molecule has 2 aliphatic rings. The average molecular weight is 186 g/mol. The van der Waals surface area contributed by atoms with Gasteiger partial charge in [0.2, 0.25) is 0 Å². The zero-order valence-electron chi connectivity index (χ0n) is 7.25. The van der Waals surface area contributed by atoms with E-state index in [0.29, 0.717) is 5.25 Å². The molecular weight excluding hydrogens is 172 g/mol. The molecule has 0 aromatic heterocycles. The summed E-state index contributed by atoms with van der Waals surface area (Å²) in [6.07, 6.45) is 3.40. The summed E-state index contributed by atoms with van der Waals surface area (Å²) in [4.78, 5) is 10.7. The number of thioether (sulfide) groups is 1. The molecule has 0 aromatic rings. The van der Waals surface area contributed by atoms with E-state index < -0.39 is 5.97 Å². The molecule has 1 heterocycles. The van der Waals surface area contributed by atoms with Crippen molar-refractivity contribution in [2.24, 2.45) is 11.3 Å². The largest absolute Gasteiger partial charge is 0.481 e. The molecule has 0 bridgehead atoms. The second kappa shape index (κ2) is 2.66. The second-order valence-corrected chi connectivity index (χ2v) is 5.41. The monoisotopic (exact) mass is 186 g/mol. The van der Waals surface area contributed by atoms with Gasteiger partial charge >= 0.3 is 5.97 Å². The first-order valence-corrected chi connectivity index (χ1v) is 5.54. The molecule has 2 fully saturated rings. The third-order valence-corrected chi connectivity index (χ3v) is 4.94. The van der Waals surface area contributed by atoms with E-state index in [1.54, 1.807) is 0 Å². The van der Waals surface area contributed by atoms with Crippen LogP contribution in [-0.4, -0.2) is 22.1 Å². The highest BCUT2D eigenvalue weighted by Crippen LogP contribution is 2.60. The third kappa shape index (κ3) is 1.15. The van der Waals surface area contributed by atoms with Gasteiger partial charge in [-0.1, -0.05) is 6.92 Å². The Morgan fingerprint density at radius 3 is 2.83 bits per heavy atom. The first-order chi connectivity index (χ1) is 5.64. The lowest BCUT2D eigenvalue weighted by atomic mass is 9.98. The Kier molecular flexibility index (Phi) is 1.86. The number of carboxylic acid groups (broad SMARTS) is 1. The molecule has 1 N–H and O–H groups in total. The van der Waals surface area contributed by atoms with E-state index in [-0.39, 0.29) is 11.3 Å². The summed E-state index contributed by atoms with van der Waals surface area (Å²) >= 11 is 1.97. The molecule has 68 valence electrons. The first kappa shape index (κ1) is 8.42. The Balaban J connectivity index is 2.00. The van der Waals surface area contributed by atoms with Gasteiger partial charge in [0.25, 0.3) is 0 Å². The highest BCUT2D eigenvalue weighted by molar-refractivity contribution is 8.00. The summed E-state index contributed by atoms with van der Waals surface area (Å²) in [7, 11) is 0. The zero-order chi connectivity index (χ0) is 8.77. The molecule has 0 radical (unpaired) electrons. The number of carboxylic acids is 1. The highest BCUT2D eigenvalue weighted by atomic mass is 32.2. The van der Waals surface area contributed by atoms with Gasteiger partial charge in [-0.3, -0.25) is 4.79 Å². The van der Waals surface area contributed by atoms with Gasteiger partial charge in [-0.05, 0) is 30.4 Å². The SMILES string of the molecule is CC1(C2CCCS2)CC1C(=O)O. The minimum absolute atomic E-state index is 0.0481. The third-order valence-electron chi connectivity index (χ3n) is 3.24. The Labute approximate surface area is 76.7 Å². The number of hydrogen-bond donors (Lipinski definition) is 1. The minimum atomic E-state index is -0.593. The van der Waals surface area contributed by atoms with E-state index in [1.165, 1.54) is 18.6 Å². The van der Waals surface area contributed by atoms with Crippen LogP contribution in [0.4, 0.5) is 0 Å². The van der Waals surface area contributed by atoms with Crippen LogP contribution < -0.4 is 0 Å². The molecule has 1 saturated heterocycles. The van der Waals surface area contributed by atoms with Crippen molar-refractivity contribution < 1.29 is 9.90 Å². The van der Waals surface area contributed by atoms with Crippen molar-refractivity contribution in [1.29, 1.82) is 0 Å². The number of rotatable bonds is 2. The maximum Gasteiger partial charge on any atom is 0.307 e. The van der Waals surface area contributed by atoms with E-state index in [1.807, 2.05) is 11.8 Å². The summed E-state index contributed by atoms with van der Waals surface area (Å²) < 4.78 is 0. The van der Waals surface area contributed by atoms with Crippen molar-refractivity contribution >= 4 is 17.7 Å². The number of hydrogen-bond acceptors (Lipinski definition) is 2. The average Bonchev–Trinajstić information content (AvgIpc) is 2.52. The van der Waals surface area contributed by atoms with Crippen LogP contribution in [0.5, 0.6) is 0 Å². The number of carbonyl (C=O) groups is 1. The maximum absolute atomic E-state index is 10.7. The smallest absolute Gasteiger partial charge is 0.307 e. The van der Waals surface area contributed by atoms with Gasteiger partial charge in [-0.25, -0.2) is 0 Å². The van der Waals surface area contributed by atoms with Gasteiger partial charge in [0.1, 0.15) is 0 Å². The van der Waals surface area contributed by atoms with Crippen LogP contribution in [0.3, 0.4) is 0 Å². The second-order valence-electron chi connectivity index (χ2n) is 4.10. The molecule has 2 nitrogen and oxygen atoms in total.